The van der Waals surface area contributed by atoms with Gasteiger partial charge >= 0.3 is 0 Å². The van der Waals surface area contributed by atoms with E-state index >= 15 is 0 Å². The van der Waals surface area contributed by atoms with Crippen molar-refractivity contribution in [2.24, 2.45) is 11.3 Å². The monoisotopic (exact) mass is 321 g/mol. The van der Waals surface area contributed by atoms with Gasteiger partial charge in [-0.25, -0.2) is 0 Å². The average molecular weight is 322 g/mol. The molecule has 1 heterocycles. The third kappa shape index (κ3) is 17.3. The highest BCUT2D eigenvalue weighted by Crippen LogP contribution is 2.24. The minimum absolute atomic E-state index is 0.149. The first-order valence-electron chi connectivity index (χ1n) is 8.91. The Morgan fingerprint density at radius 1 is 0.696 bits per heavy atom. The highest BCUT2D eigenvalue weighted by atomic mass is 14.7. The van der Waals surface area contributed by atoms with Gasteiger partial charge in [-0.05, 0) is 28.4 Å². The summed E-state index contributed by atoms with van der Waals surface area (Å²) in [6.07, 6.45) is 2.00. The second-order valence-electron chi connectivity index (χ2n) is 10.7. The fourth-order valence-corrected chi connectivity index (χ4v) is 1.28. The minimum Gasteiger partial charge on any atom is -0.260 e. The molecule has 1 nitrogen and oxygen atoms in total. The minimum atomic E-state index is 0.149. The lowest BCUT2D eigenvalue weighted by Gasteiger charge is -2.22. The molecule has 0 aliphatic rings. The quantitative estimate of drug-likeness (QED) is 0.485. The molecule has 23 heavy (non-hydrogen) atoms. The van der Waals surface area contributed by atoms with Crippen molar-refractivity contribution < 1.29 is 0 Å². The van der Waals surface area contributed by atoms with Crippen LogP contribution in [0.4, 0.5) is 0 Å². The van der Waals surface area contributed by atoms with Gasteiger partial charge in [-0.2, -0.15) is 0 Å². The molecule has 1 aromatic heterocycles. The molecule has 0 unspecified atom stereocenters. The summed E-state index contributed by atoms with van der Waals surface area (Å²) in [6, 6.07) is 4.33. The van der Waals surface area contributed by atoms with E-state index in [0.29, 0.717) is 5.41 Å². The van der Waals surface area contributed by atoms with Crippen molar-refractivity contribution in [1.82, 2.24) is 4.98 Å². The zero-order valence-corrected chi connectivity index (χ0v) is 18.3. The van der Waals surface area contributed by atoms with Gasteiger partial charge in [-0.1, -0.05) is 96.1 Å². The van der Waals surface area contributed by atoms with Crippen LogP contribution < -0.4 is 0 Å². The van der Waals surface area contributed by atoms with Gasteiger partial charge in [0.05, 0.1) is 0 Å². The van der Waals surface area contributed by atoms with E-state index in [2.05, 4.69) is 107 Å². The van der Waals surface area contributed by atoms with Gasteiger partial charge in [-0.3, -0.25) is 4.98 Å². The van der Waals surface area contributed by atoms with Crippen LogP contribution in [0.25, 0.3) is 0 Å². The van der Waals surface area contributed by atoms with Gasteiger partial charge in [0.15, 0.2) is 0 Å². The summed E-state index contributed by atoms with van der Waals surface area (Å²) in [4.78, 5) is 4.52. The van der Waals surface area contributed by atoms with E-state index in [1.807, 2.05) is 6.20 Å². The van der Waals surface area contributed by atoms with E-state index in [0.717, 1.165) is 11.6 Å². The Labute approximate surface area is 147 Å². The number of rotatable bonds is 0. The van der Waals surface area contributed by atoms with Crippen molar-refractivity contribution in [1.29, 1.82) is 0 Å². The largest absolute Gasteiger partial charge is 0.260 e. The normalized spacial score (nSPS) is 12.1. The van der Waals surface area contributed by atoms with E-state index in [1.165, 1.54) is 5.56 Å². The zero-order chi connectivity index (χ0) is 19.1. The standard InChI is InChI=1S/C13H21N.C5H12.C4H10/c1-12(2,3)10-7-8-11(14-9-10)13(4,5)6;1-5(2,3)4;1-4(2)3/h7-9H,1-6H3;1-4H3;4H,1-3H3. The molecule has 0 saturated heterocycles. The van der Waals surface area contributed by atoms with Crippen molar-refractivity contribution in [3.8, 4) is 0 Å². The van der Waals surface area contributed by atoms with Crippen LogP contribution in [0.1, 0.15) is 101 Å². The molecule has 0 N–H and O–H groups in total. The first kappa shape index (κ1) is 24.4. The van der Waals surface area contributed by atoms with Crippen molar-refractivity contribution >= 4 is 0 Å². The fraction of sp³-hybridized carbons (Fsp3) is 0.773. The van der Waals surface area contributed by atoms with Gasteiger partial charge < -0.3 is 0 Å². The van der Waals surface area contributed by atoms with Crippen LogP contribution in [0, 0.1) is 11.3 Å². The molecule has 0 fully saturated rings. The molecule has 0 aromatic carbocycles. The van der Waals surface area contributed by atoms with Crippen LogP contribution in [0.5, 0.6) is 0 Å². The summed E-state index contributed by atoms with van der Waals surface area (Å²) in [6.45, 7) is 28.4. The Morgan fingerprint density at radius 2 is 1.04 bits per heavy atom. The molecule has 0 atom stereocenters. The van der Waals surface area contributed by atoms with Crippen LogP contribution in [0.2, 0.25) is 0 Å². The summed E-state index contributed by atoms with van der Waals surface area (Å²) in [7, 11) is 0. The van der Waals surface area contributed by atoms with Gasteiger partial charge in [0, 0.05) is 17.3 Å². The molecule has 1 heteroatoms. The predicted octanol–water partition coefficient (Wildman–Crippen LogP) is 7.39. The number of nitrogens with zero attached hydrogens (tertiary/aromatic N) is 1. The smallest absolute Gasteiger partial charge is 0.0457 e. The highest BCUT2D eigenvalue weighted by molar-refractivity contribution is 5.23. The van der Waals surface area contributed by atoms with Crippen molar-refractivity contribution in [2.45, 2.75) is 101 Å². The molecule has 1 rings (SSSR count). The van der Waals surface area contributed by atoms with Gasteiger partial charge in [0.1, 0.15) is 0 Å². The summed E-state index contributed by atoms with van der Waals surface area (Å²) in [5.41, 5.74) is 3.30. The Bertz CT molecular complexity index is 364. The van der Waals surface area contributed by atoms with Crippen LogP contribution in [0.15, 0.2) is 18.3 Å². The molecule has 0 saturated carbocycles. The maximum Gasteiger partial charge on any atom is 0.0457 e. The maximum absolute atomic E-state index is 4.52. The summed E-state index contributed by atoms with van der Waals surface area (Å²) in [5.74, 6) is 0.833. The first-order chi connectivity index (χ1) is 9.94. The molecule has 0 aliphatic carbocycles. The number of hydrogen-bond acceptors (Lipinski definition) is 1. The van der Waals surface area contributed by atoms with Crippen LogP contribution in [-0.2, 0) is 10.8 Å². The van der Waals surface area contributed by atoms with Crippen LogP contribution in [-0.4, -0.2) is 4.98 Å². The molecular formula is C22H43N. The fourth-order valence-electron chi connectivity index (χ4n) is 1.28. The predicted molar refractivity (Wildman–Crippen MR) is 107 cm³/mol. The number of pyridine rings is 1. The lowest BCUT2D eigenvalue weighted by Crippen LogP contribution is -2.16. The lowest BCUT2D eigenvalue weighted by molar-refractivity contribution is 0.469. The van der Waals surface area contributed by atoms with Crippen LogP contribution >= 0.6 is 0 Å². The maximum atomic E-state index is 4.52. The summed E-state index contributed by atoms with van der Waals surface area (Å²) < 4.78 is 0. The van der Waals surface area contributed by atoms with E-state index in [9.17, 15) is 0 Å². The first-order valence-corrected chi connectivity index (χ1v) is 8.91. The molecule has 0 bridgehead atoms. The van der Waals surface area contributed by atoms with Crippen molar-refractivity contribution in [2.75, 3.05) is 0 Å². The van der Waals surface area contributed by atoms with Gasteiger partial charge in [-0.15, -0.1) is 0 Å². The van der Waals surface area contributed by atoms with Crippen molar-refractivity contribution in [3.05, 3.63) is 29.6 Å². The molecular weight excluding hydrogens is 278 g/mol. The van der Waals surface area contributed by atoms with Gasteiger partial charge in [0.2, 0.25) is 0 Å². The van der Waals surface area contributed by atoms with Crippen molar-refractivity contribution in [3.63, 3.8) is 0 Å². The molecule has 0 radical (unpaired) electrons. The molecule has 136 valence electrons. The van der Waals surface area contributed by atoms with E-state index in [4.69, 9.17) is 0 Å². The van der Waals surface area contributed by atoms with E-state index in [1.54, 1.807) is 0 Å². The van der Waals surface area contributed by atoms with Crippen LogP contribution in [0.3, 0.4) is 0 Å². The van der Waals surface area contributed by atoms with Gasteiger partial charge in [0.25, 0.3) is 0 Å². The highest BCUT2D eigenvalue weighted by Gasteiger charge is 2.18. The summed E-state index contributed by atoms with van der Waals surface area (Å²) >= 11 is 0. The Kier molecular flexibility index (Phi) is 10.0. The Balaban J connectivity index is 0. The second-order valence-corrected chi connectivity index (χ2v) is 10.7. The molecule has 1 aromatic rings. The number of aromatic nitrogens is 1. The third-order valence-electron chi connectivity index (χ3n) is 2.40. The lowest BCUT2D eigenvalue weighted by atomic mass is 9.86. The zero-order valence-electron chi connectivity index (χ0n) is 18.3. The topological polar surface area (TPSA) is 12.9 Å². The SMILES string of the molecule is CC(C)(C)C.CC(C)(C)c1ccc(C(C)(C)C)nc1.CC(C)C. The van der Waals surface area contributed by atoms with E-state index < -0.39 is 0 Å². The molecule has 0 amide bonds. The molecule has 0 spiro atoms. The average Bonchev–Trinajstić information content (AvgIpc) is 2.23. The second kappa shape index (κ2) is 9.45. The third-order valence-corrected chi connectivity index (χ3v) is 2.40. The molecule has 0 aliphatic heterocycles. The van der Waals surface area contributed by atoms with E-state index in [-0.39, 0.29) is 10.8 Å². The Hall–Kier alpha value is -0.850. The number of hydrogen-bond donors (Lipinski definition) is 0. The summed E-state index contributed by atoms with van der Waals surface area (Å²) in [5, 5.41) is 0. The Morgan fingerprint density at radius 3 is 1.22 bits per heavy atom.